The molecule has 0 bridgehead atoms. The van der Waals surface area contributed by atoms with Crippen molar-refractivity contribution in [2.45, 2.75) is 19.4 Å². The molecule has 0 saturated carbocycles. The van der Waals surface area contributed by atoms with Gasteiger partial charge in [-0.25, -0.2) is 0 Å². The summed E-state index contributed by atoms with van der Waals surface area (Å²) in [4.78, 5) is 13.1. The zero-order valence-corrected chi connectivity index (χ0v) is 10.2. The Morgan fingerprint density at radius 3 is 2.22 bits per heavy atom. The monoisotopic (exact) mass is 237 g/mol. The van der Waals surface area contributed by atoms with Crippen molar-refractivity contribution in [3.63, 3.8) is 0 Å². The summed E-state index contributed by atoms with van der Waals surface area (Å²) in [7, 11) is 0. The summed E-state index contributed by atoms with van der Waals surface area (Å²) in [6.45, 7) is 0.663. The molecule has 0 fully saturated rings. The van der Waals surface area contributed by atoms with E-state index in [9.17, 15) is 4.79 Å². The molecule has 2 aromatic rings. The van der Waals surface area contributed by atoms with Crippen LogP contribution in [0, 0.1) is 0 Å². The smallest absolute Gasteiger partial charge is 0.214 e. The normalized spacial score (nSPS) is 14.1. The number of hydrogen-bond donors (Lipinski definition) is 0. The number of rotatable bonds is 1. The molecule has 0 N–H and O–H groups in total. The number of benzene rings is 2. The first-order valence-electron chi connectivity index (χ1n) is 6.25. The van der Waals surface area contributed by atoms with Gasteiger partial charge in [0.1, 0.15) is 0 Å². The van der Waals surface area contributed by atoms with Crippen LogP contribution in [0.3, 0.4) is 0 Å². The Labute approximate surface area is 107 Å². The SMILES string of the molecule is O=CN1Cc2ccccc2CCc2ccccc21. The molecular weight excluding hydrogens is 222 g/mol. The third-order valence-electron chi connectivity index (χ3n) is 3.55. The Balaban J connectivity index is 2.07. The molecular formula is C16H15NO. The van der Waals surface area contributed by atoms with E-state index < -0.39 is 0 Å². The fourth-order valence-corrected chi connectivity index (χ4v) is 2.59. The van der Waals surface area contributed by atoms with Gasteiger partial charge >= 0.3 is 0 Å². The summed E-state index contributed by atoms with van der Waals surface area (Å²) in [6, 6.07) is 16.5. The first-order valence-corrected chi connectivity index (χ1v) is 6.25. The molecule has 0 atom stereocenters. The molecule has 0 spiro atoms. The zero-order valence-electron chi connectivity index (χ0n) is 10.2. The van der Waals surface area contributed by atoms with Crippen molar-refractivity contribution in [1.82, 2.24) is 0 Å². The van der Waals surface area contributed by atoms with Gasteiger partial charge in [-0.1, -0.05) is 42.5 Å². The Hall–Kier alpha value is -2.09. The molecule has 1 aliphatic rings. The van der Waals surface area contributed by atoms with Crippen molar-refractivity contribution in [2.24, 2.45) is 0 Å². The molecule has 3 rings (SSSR count). The Morgan fingerprint density at radius 1 is 0.833 bits per heavy atom. The van der Waals surface area contributed by atoms with Crippen LogP contribution < -0.4 is 4.90 Å². The number of para-hydroxylation sites is 1. The van der Waals surface area contributed by atoms with Crippen LogP contribution in [-0.2, 0) is 24.2 Å². The highest BCUT2D eigenvalue weighted by atomic mass is 16.1. The lowest BCUT2D eigenvalue weighted by molar-refractivity contribution is -0.107. The van der Waals surface area contributed by atoms with Crippen LogP contribution in [0.4, 0.5) is 5.69 Å². The molecule has 0 saturated heterocycles. The quantitative estimate of drug-likeness (QED) is 0.698. The molecule has 1 aliphatic heterocycles. The minimum atomic E-state index is 0.663. The number of carbonyl (C=O) groups is 1. The molecule has 90 valence electrons. The molecule has 0 aromatic heterocycles. The Bertz CT molecular complexity index is 577. The van der Waals surface area contributed by atoms with Gasteiger partial charge in [0.15, 0.2) is 0 Å². The minimum Gasteiger partial charge on any atom is -0.310 e. The molecule has 2 heteroatoms. The topological polar surface area (TPSA) is 20.3 Å². The predicted octanol–water partition coefficient (Wildman–Crippen LogP) is 2.95. The number of nitrogens with zero attached hydrogens (tertiary/aromatic N) is 1. The van der Waals surface area contributed by atoms with E-state index in [-0.39, 0.29) is 0 Å². The van der Waals surface area contributed by atoms with Gasteiger partial charge in [-0.2, -0.15) is 0 Å². The van der Waals surface area contributed by atoms with E-state index in [2.05, 4.69) is 24.3 Å². The Kier molecular flexibility index (Phi) is 2.85. The van der Waals surface area contributed by atoms with E-state index in [0.717, 1.165) is 24.9 Å². The average Bonchev–Trinajstić information content (AvgIpc) is 2.41. The van der Waals surface area contributed by atoms with E-state index >= 15 is 0 Å². The maximum absolute atomic E-state index is 11.3. The second-order valence-corrected chi connectivity index (χ2v) is 4.63. The molecule has 1 amide bonds. The van der Waals surface area contributed by atoms with Crippen LogP contribution in [0.2, 0.25) is 0 Å². The van der Waals surface area contributed by atoms with Crippen molar-refractivity contribution < 1.29 is 4.79 Å². The first kappa shape index (κ1) is 11.0. The number of hydrogen-bond acceptors (Lipinski definition) is 1. The number of fused-ring (bicyclic) bond motifs is 2. The molecule has 2 aromatic carbocycles. The number of amides is 1. The van der Waals surface area contributed by atoms with Crippen LogP contribution >= 0.6 is 0 Å². The van der Waals surface area contributed by atoms with Gasteiger partial charge in [-0.05, 0) is 35.6 Å². The van der Waals surface area contributed by atoms with Crippen molar-refractivity contribution in [1.29, 1.82) is 0 Å². The number of carbonyl (C=O) groups excluding carboxylic acids is 1. The highest BCUT2D eigenvalue weighted by Crippen LogP contribution is 2.27. The van der Waals surface area contributed by atoms with Crippen molar-refractivity contribution >= 4 is 12.1 Å². The summed E-state index contributed by atoms with van der Waals surface area (Å²) >= 11 is 0. The second-order valence-electron chi connectivity index (χ2n) is 4.63. The molecule has 0 radical (unpaired) electrons. The van der Waals surface area contributed by atoms with E-state index in [1.807, 2.05) is 24.3 Å². The van der Waals surface area contributed by atoms with E-state index in [0.29, 0.717) is 6.54 Å². The summed E-state index contributed by atoms with van der Waals surface area (Å²) in [5, 5.41) is 0. The van der Waals surface area contributed by atoms with Gasteiger partial charge in [0.2, 0.25) is 6.41 Å². The fourth-order valence-electron chi connectivity index (χ4n) is 2.59. The lowest BCUT2D eigenvalue weighted by Crippen LogP contribution is -2.24. The van der Waals surface area contributed by atoms with Crippen molar-refractivity contribution in [2.75, 3.05) is 4.90 Å². The van der Waals surface area contributed by atoms with Crippen LogP contribution in [-0.4, -0.2) is 6.41 Å². The highest BCUT2D eigenvalue weighted by Gasteiger charge is 2.15. The van der Waals surface area contributed by atoms with Crippen LogP contribution in [0.1, 0.15) is 16.7 Å². The van der Waals surface area contributed by atoms with Gasteiger partial charge < -0.3 is 4.90 Å². The summed E-state index contributed by atoms with van der Waals surface area (Å²) < 4.78 is 0. The molecule has 0 aliphatic carbocycles. The van der Waals surface area contributed by atoms with Crippen LogP contribution in [0.15, 0.2) is 48.5 Å². The van der Waals surface area contributed by atoms with Crippen LogP contribution in [0.5, 0.6) is 0 Å². The van der Waals surface area contributed by atoms with Crippen molar-refractivity contribution in [3.05, 3.63) is 65.2 Å². The Morgan fingerprint density at radius 2 is 1.44 bits per heavy atom. The molecule has 18 heavy (non-hydrogen) atoms. The van der Waals surface area contributed by atoms with E-state index in [1.54, 1.807) is 4.90 Å². The van der Waals surface area contributed by atoms with Gasteiger partial charge in [-0.3, -0.25) is 4.79 Å². The zero-order chi connectivity index (χ0) is 12.4. The number of aryl methyl sites for hydroxylation is 2. The lowest BCUT2D eigenvalue weighted by atomic mass is 9.96. The molecule has 1 heterocycles. The maximum atomic E-state index is 11.3. The molecule has 2 nitrogen and oxygen atoms in total. The van der Waals surface area contributed by atoms with Gasteiger partial charge in [0, 0.05) is 5.69 Å². The third kappa shape index (κ3) is 1.90. The second kappa shape index (κ2) is 4.65. The highest BCUT2D eigenvalue weighted by molar-refractivity contribution is 5.77. The first-order chi connectivity index (χ1) is 8.88. The van der Waals surface area contributed by atoms with E-state index in [1.165, 1.54) is 16.7 Å². The largest absolute Gasteiger partial charge is 0.310 e. The predicted molar refractivity (Wildman–Crippen MR) is 72.5 cm³/mol. The third-order valence-corrected chi connectivity index (χ3v) is 3.55. The average molecular weight is 237 g/mol. The fraction of sp³-hybridized carbons (Fsp3) is 0.188. The standard InChI is InChI=1S/C16H15NO/c18-12-17-11-15-7-2-1-5-13(15)9-10-14-6-3-4-8-16(14)17/h1-8,12H,9-11H2. The summed E-state index contributed by atoms with van der Waals surface area (Å²) in [6.07, 6.45) is 2.96. The lowest BCUT2D eigenvalue weighted by Gasteiger charge is -2.25. The van der Waals surface area contributed by atoms with Gasteiger partial charge in [-0.15, -0.1) is 0 Å². The summed E-state index contributed by atoms with van der Waals surface area (Å²) in [5.41, 5.74) is 4.89. The molecule has 0 unspecified atom stereocenters. The minimum absolute atomic E-state index is 0.663. The van der Waals surface area contributed by atoms with Gasteiger partial charge in [0.05, 0.1) is 6.54 Å². The summed E-state index contributed by atoms with van der Waals surface area (Å²) in [5.74, 6) is 0. The van der Waals surface area contributed by atoms with E-state index in [4.69, 9.17) is 0 Å². The van der Waals surface area contributed by atoms with Gasteiger partial charge in [0.25, 0.3) is 0 Å². The maximum Gasteiger partial charge on any atom is 0.214 e. The van der Waals surface area contributed by atoms with Crippen molar-refractivity contribution in [3.8, 4) is 0 Å². The van der Waals surface area contributed by atoms with Crippen LogP contribution in [0.25, 0.3) is 0 Å². The number of anilines is 1.